The van der Waals surface area contributed by atoms with Gasteiger partial charge in [-0.3, -0.25) is 9.10 Å². The van der Waals surface area contributed by atoms with E-state index in [9.17, 15) is 4.79 Å². The number of carbonyl (C=O) groups is 1. The molecule has 17 heavy (non-hydrogen) atoms. The van der Waals surface area contributed by atoms with Gasteiger partial charge in [0.1, 0.15) is 0 Å². The van der Waals surface area contributed by atoms with Crippen molar-refractivity contribution in [3.8, 4) is 0 Å². The van der Waals surface area contributed by atoms with Gasteiger partial charge in [-0.05, 0) is 45.0 Å². The highest BCUT2D eigenvalue weighted by Gasteiger charge is 2.29. The molecule has 0 aromatic carbocycles. The summed E-state index contributed by atoms with van der Waals surface area (Å²) in [5.74, 6) is 0.0133. The molecule has 2 aliphatic heterocycles. The van der Waals surface area contributed by atoms with Crippen LogP contribution in [0.15, 0.2) is 0 Å². The smallest absolute Gasteiger partial charge is 0.220 e. The first-order valence-electron chi connectivity index (χ1n) is 6.53. The van der Waals surface area contributed by atoms with Gasteiger partial charge in [-0.2, -0.15) is 0 Å². The second-order valence-corrected chi connectivity index (χ2v) is 5.94. The van der Waals surface area contributed by atoms with Crippen LogP contribution in [0.2, 0.25) is 0 Å². The fraction of sp³-hybridized carbons (Fsp3) is 0.917. The van der Waals surface area contributed by atoms with Gasteiger partial charge in [0, 0.05) is 25.0 Å². The molecule has 4 nitrogen and oxygen atoms in total. The predicted molar refractivity (Wildman–Crippen MR) is 71.6 cm³/mol. The summed E-state index contributed by atoms with van der Waals surface area (Å²) < 4.78 is 2.44. The molecule has 2 saturated heterocycles. The molecule has 0 atom stereocenters. The number of hydrogen-bond acceptors (Lipinski definition) is 4. The van der Waals surface area contributed by atoms with Gasteiger partial charge in [0.05, 0.1) is 0 Å². The number of nitrogens with two attached hydrogens (primary N) is 1. The summed E-state index contributed by atoms with van der Waals surface area (Å²) in [6, 6.07) is 0.729. The molecule has 2 heterocycles. The zero-order valence-corrected chi connectivity index (χ0v) is 11.4. The largest absolute Gasteiger partial charge is 0.369 e. The van der Waals surface area contributed by atoms with E-state index in [1.807, 2.05) is 11.9 Å². The quantitative estimate of drug-likeness (QED) is 0.764. The Morgan fingerprint density at radius 1 is 1.12 bits per heavy atom. The zero-order valence-electron chi connectivity index (χ0n) is 10.6. The molecule has 98 valence electrons. The summed E-state index contributed by atoms with van der Waals surface area (Å²) in [4.78, 5) is 13.7. The lowest BCUT2D eigenvalue weighted by atomic mass is 9.93. The van der Waals surface area contributed by atoms with Gasteiger partial charge >= 0.3 is 0 Å². The second kappa shape index (κ2) is 6.07. The van der Waals surface area contributed by atoms with E-state index >= 15 is 0 Å². The van der Waals surface area contributed by atoms with E-state index in [1.54, 1.807) is 0 Å². The molecule has 2 rings (SSSR count). The zero-order chi connectivity index (χ0) is 12.3. The minimum atomic E-state index is -0.109. The highest BCUT2D eigenvalue weighted by atomic mass is 32.2. The summed E-state index contributed by atoms with van der Waals surface area (Å²) in [5, 5.41) is 0. The molecule has 2 N–H and O–H groups in total. The molecule has 0 aromatic heterocycles. The lowest BCUT2D eigenvalue weighted by molar-refractivity contribution is -0.123. The topological polar surface area (TPSA) is 49.6 Å². The number of likely N-dealkylation sites (tertiary alicyclic amines) is 1. The van der Waals surface area contributed by atoms with E-state index in [4.69, 9.17) is 5.73 Å². The number of primary amides is 1. The fourth-order valence-corrected chi connectivity index (χ4v) is 3.51. The fourth-order valence-electron chi connectivity index (χ4n) is 2.94. The van der Waals surface area contributed by atoms with E-state index in [2.05, 4.69) is 15.5 Å². The Labute approximate surface area is 108 Å². The number of hydrogen-bond donors (Lipinski definition) is 1. The van der Waals surface area contributed by atoms with Crippen LogP contribution in [0.5, 0.6) is 0 Å². The Morgan fingerprint density at radius 2 is 1.71 bits per heavy atom. The van der Waals surface area contributed by atoms with Crippen LogP contribution in [0.25, 0.3) is 0 Å². The number of rotatable bonds is 3. The highest BCUT2D eigenvalue weighted by Crippen LogP contribution is 2.25. The molecular formula is C12H23N3OS. The maximum absolute atomic E-state index is 11.1. The van der Waals surface area contributed by atoms with E-state index in [1.165, 1.54) is 25.9 Å². The maximum atomic E-state index is 11.1. The van der Waals surface area contributed by atoms with Crippen LogP contribution < -0.4 is 5.73 Å². The number of piperidine rings is 2. The molecule has 1 amide bonds. The molecular weight excluding hydrogens is 234 g/mol. The normalized spacial score (nSPS) is 26.2. The van der Waals surface area contributed by atoms with Crippen molar-refractivity contribution in [2.24, 2.45) is 11.7 Å². The predicted octanol–water partition coefficient (Wildman–Crippen LogP) is 0.926. The molecule has 0 aliphatic carbocycles. The minimum absolute atomic E-state index is 0.109. The third kappa shape index (κ3) is 3.36. The third-order valence-electron chi connectivity index (χ3n) is 4.13. The van der Waals surface area contributed by atoms with Crippen LogP contribution in [0.1, 0.15) is 25.7 Å². The Morgan fingerprint density at radius 3 is 2.18 bits per heavy atom. The Balaban J connectivity index is 1.76. The summed E-state index contributed by atoms with van der Waals surface area (Å²) in [6.45, 7) is 4.50. The molecule has 0 aromatic rings. The van der Waals surface area contributed by atoms with Crippen molar-refractivity contribution in [3.05, 3.63) is 0 Å². The first kappa shape index (κ1) is 13.2. The van der Waals surface area contributed by atoms with Crippen molar-refractivity contribution >= 4 is 17.9 Å². The number of carbonyl (C=O) groups excluding carboxylic acids is 1. The first-order valence-corrected chi connectivity index (χ1v) is 7.71. The van der Waals surface area contributed by atoms with Crippen molar-refractivity contribution in [2.45, 2.75) is 31.7 Å². The van der Waals surface area contributed by atoms with Crippen molar-refractivity contribution < 1.29 is 4.79 Å². The molecule has 0 saturated carbocycles. The highest BCUT2D eigenvalue weighted by molar-refractivity contribution is 7.96. The van der Waals surface area contributed by atoms with Crippen molar-refractivity contribution in [3.63, 3.8) is 0 Å². The van der Waals surface area contributed by atoms with Crippen molar-refractivity contribution in [1.82, 2.24) is 9.21 Å². The van der Waals surface area contributed by atoms with Crippen LogP contribution in [0.3, 0.4) is 0 Å². The molecule has 2 aliphatic rings. The van der Waals surface area contributed by atoms with Crippen LogP contribution in [0, 0.1) is 5.92 Å². The summed E-state index contributed by atoms with van der Waals surface area (Å²) in [6.07, 6.45) is 6.60. The van der Waals surface area contributed by atoms with Gasteiger partial charge in [0.15, 0.2) is 0 Å². The maximum Gasteiger partial charge on any atom is 0.220 e. The first-order chi connectivity index (χ1) is 8.20. The summed E-state index contributed by atoms with van der Waals surface area (Å²) in [7, 11) is 0. The monoisotopic (exact) mass is 257 g/mol. The second-order valence-electron chi connectivity index (χ2n) is 5.06. The van der Waals surface area contributed by atoms with Gasteiger partial charge in [-0.25, -0.2) is 0 Å². The molecule has 0 bridgehead atoms. The lowest BCUT2D eigenvalue weighted by Gasteiger charge is -2.40. The van der Waals surface area contributed by atoms with Crippen LogP contribution in [0.4, 0.5) is 0 Å². The molecule has 0 unspecified atom stereocenters. The number of nitrogens with zero attached hydrogens (tertiary/aromatic N) is 2. The van der Waals surface area contributed by atoms with Gasteiger partial charge in [-0.1, -0.05) is 11.9 Å². The lowest BCUT2D eigenvalue weighted by Crippen LogP contribution is -2.47. The molecule has 0 spiro atoms. The Bertz CT molecular complexity index is 258. The standard InChI is InChI=1S/C12H23N3OS/c1-17-15-8-4-11(5-9-15)14-6-2-10(3-7-14)12(13)16/h10-11H,2-9H2,1H3,(H2,13,16). The van der Waals surface area contributed by atoms with Crippen molar-refractivity contribution in [1.29, 1.82) is 0 Å². The average molecular weight is 257 g/mol. The van der Waals surface area contributed by atoms with Crippen LogP contribution >= 0.6 is 11.9 Å². The average Bonchev–Trinajstić information content (AvgIpc) is 2.39. The minimum Gasteiger partial charge on any atom is -0.369 e. The number of amides is 1. The van der Waals surface area contributed by atoms with Gasteiger partial charge in [0.2, 0.25) is 5.91 Å². The van der Waals surface area contributed by atoms with Crippen LogP contribution in [-0.2, 0) is 4.79 Å². The third-order valence-corrected chi connectivity index (χ3v) is 5.01. The van der Waals surface area contributed by atoms with E-state index < -0.39 is 0 Å². The van der Waals surface area contributed by atoms with Gasteiger partial charge in [-0.15, -0.1) is 0 Å². The molecule has 0 radical (unpaired) electrons. The van der Waals surface area contributed by atoms with Crippen LogP contribution in [-0.4, -0.2) is 53.6 Å². The Hall–Kier alpha value is -0.260. The Kier molecular flexibility index (Phi) is 4.70. The molecule has 2 fully saturated rings. The molecule has 5 heteroatoms. The summed E-state index contributed by atoms with van der Waals surface area (Å²) >= 11 is 1.85. The van der Waals surface area contributed by atoms with E-state index in [0.29, 0.717) is 0 Å². The van der Waals surface area contributed by atoms with Crippen molar-refractivity contribution in [2.75, 3.05) is 32.4 Å². The van der Waals surface area contributed by atoms with E-state index in [-0.39, 0.29) is 11.8 Å². The van der Waals surface area contributed by atoms with Gasteiger partial charge < -0.3 is 10.6 Å². The van der Waals surface area contributed by atoms with Gasteiger partial charge in [0.25, 0.3) is 0 Å². The summed E-state index contributed by atoms with van der Waals surface area (Å²) in [5.41, 5.74) is 5.36. The SMILES string of the molecule is CSN1CCC(N2CCC(C(N)=O)CC2)CC1. The van der Waals surface area contributed by atoms with E-state index in [0.717, 1.165) is 32.0 Å².